The van der Waals surface area contributed by atoms with Crippen LogP contribution in [0.25, 0.3) is 0 Å². The monoisotopic (exact) mass is 227 g/mol. The Morgan fingerprint density at radius 1 is 1.07 bits per heavy atom. The zero-order chi connectivity index (χ0) is 10.8. The molecule has 0 aromatic rings. The number of hydrogen-bond acceptors (Lipinski definition) is 2. The first-order valence-corrected chi connectivity index (χ1v) is 6.17. The second-order valence-electron chi connectivity index (χ2n) is 3.63. The van der Waals surface area contributed by atoms with Crippen molar-refractivity contribution in [2.75, 3.05) is 13.1 Å². The van der Waals surface area contributed by atoms with E-state index in [1.807, 2.05) is 0 Å². The van der Waals surface area contributed by atoms with Gasteiger partial charge in [-0.15, -0.1) is 0 Å². The molecule has 6 heteroatoms. The van der Waals surface area contributed by atoms with Crippen LogP contribution >= 0.6 is 0 Å². The standard InChI is InChI=1S/C8H15F2NO2S/c1-8(9,10)14(12,13)11-6-4-2-3-5-7-11/h2-7H2,1H3. The molecule has 1 rings (SSSR count). The fourth-order valence-electron chi connectivity index (χ4n) is 1.51. The van der Waals surface area contributed by atoms with Crippen molar-refractivity contribution in [2.24, 2.45) is 0 Å². The summed E-state index contributed by atoms with van der Waals surface area (Å²) in [4.78, 5) is 0. The Bertz CT molecular complexity index is 276. The normalized spacial score (nSPS) is 21.9. The Balaban J connectivity index is 2.81. The molecule has 0 aliphatic carbocycles. The van der Waals surface area contributed by atoms with E-state index in [0.717, 1.165) is 17.1 Å². The molecule has 1 heterocycles. The van der Waals surface area contributed by atoms with Gasteiger partial charge in [0.2, 0.25) is 0 Å². The van der Waals surface area contributed by atoms with E-state index in [1.165, 1.54) is 0 Å². The lowest BCUT2D eigenvalue weighted by atomic mass is 10.2. The topological polar surface area (TPSA) is 37.4 Å². The Kier molecular flexibility index (Phi) is 3.47. The second kappa shape index (κ2) is 4.10. The summed E-state index contributed by atoms with van der Waals surface area (Å²) in [6.07, 6.45) is 3.19. The molecule has 0 unspecified atom stereocenters. The third kappa shape index (κ3) is 2.42. The lowest BCUT2D eigenvalue weighted by Crippen LogP contribution is -2.41. The smallest absolute Gasteiger partial charge is 0.206 e. The molecular weight excluding hydrogens is 212 g/mol. The van der Waals surface area contributed by atoms with Crippen LogP contribution in [-0.4, -0.2) is 31.1 Å². The maximum Gasteiger partial charge on any atom is 0.356 e. The van der Waals surface area contributed by atoms with E-state index >= 15 is 0 Å². The van der Waals surface area contributed by atoms with Gasteiger partial charge in [0.05, 0.1) is 0 Å². The molecule has 0 atom stereocenters. The molecule has 3 nitrogen and oxygen atoms in total. The fraction of sp³-hybridized carbons (Fsp3) is 1.00. The van der Waals surface area contributed by atoms with Crippen molar-refractivity contribution < 1.29 is 17.2 Å². The minimum atomic E-state index is -4.42. The predicted octanol–water partition coefficient (Wildman–Crippen LogP) is 1.80. The van der Waals surface area contributed by atoms with Gasteiger partial charge in [0.15, 0.2) is 0 Å². The van der Waals surface area contributed by atoms with Crippen LogP contribution in [-0.2, 0) is 10.0 Å². The SMILES string of the molecule is CC(F)(F)S(=O)(=O)N1CCCCCC1. The maximum absolute atomic E-state index is 12.8. The molecule has 1 fully saturated rings. The molecular formula is C8H15F2NO2S. The van der Waals surface area contributed by atoms with Crippen molar-refractivity contribution in [3.63, 3.8) is 0 Å². The Labute approximate surface area is 83.1 Å². The zero-order valence-corrected chi connectivity index (χ0v) is 8.99. The number of halogens is 2. The molecule has 0 saturated carbocycles. The molecule has 14 heavy (non-hydrogen) atoms. The third-order valence-electron chi connectivity index (χ3n) is 2.36. The Morgan fingerprint density at radius 2 is 1.50 bits per heavy atom. The first-order valence-electron chi connectivity index (χ1n) is 4.73. The van der Waals surface area contributed by atoms with Crippen LogP contribution in [0, 0.1) is 0 Å². The van der Waals surface area contributed by atoms with Gasteiger partial charge in [0, 0.05) is 20.0 Å². The van der Waals surface area contributed by atoms with Gasteiger partial charge in [-0.2, -0.15) is 13.1 Å². The van der Waals surface area contributed by atoms with Gasteiger partial charge >= 0.3 is 5.25 Å². The zero-order valence-electron chi connectivity index (χ0n) is 8.17. The number of alkyl halides is 2. The fourth-order valence-corrected chi connectivity index (χ4v) is 2.70. The van der Waals surface area contributed by atoms with Crippen LogP contribution in [0.5, 0.6) is 0 Å². The van der Waals surface area contributed by atoms with Crippen molar-refractivity contribution in [1.29, 1.82) is 0 Å². The van der Waals surface area contributed by atoms with Crippen LogP contribution in [0.4, 0.5) is 8.78 Å². The Morgan fingerprint density at radius 3 is 1.86 bits per heavy atom. The van der Waals surface area contributed by atoms with Gasteiger partial charge in [-0.3, -0.25) is 0 Å². The van der Waals surface area contributed by atoms with E-state index in [-0.39, 0.29) is 13.1 Å². The molecule has 0 bridgehead atoms. The van der Waals surface area contributed by atoms with Crippen LogP contribution in [0.15, 0.2) is 0 Å². The van der Waals surface area contributed by atoms with Crippen molar-refractivity contribution in [3.05, 3.63) is 0 Å². The largest absolute Gasteiger partial charge is 0.356 e. The molecule has 1 aliphatic rings. The van der Waals surface area contributed by atoms with Gasteiger partial charge in [-0.05, 0) is 12.8 Å². The van der Waals surface area contributed by atoms with Crippen molar-refractivity contribution in [1.82, 2.24) is 4.31 Å². The number of nitrogens with zero attached hydrogens (tertiary/aromatic N) is 1. The summed E-state index contributed by atoms with van der Waals surface area (Å²) in [5, 5.41) is -3.66. The Hall–Kier alpha value is -0.230. The van der Waals surface area contributed by atoms with E-state index in [2.05, 4.69) is 0 Å². The minimum Gasteiger partial charge on any atom is -0.206 e. The molecule has 1 saturated heterocycles. The highest BCUT2D eigenvalue weighted by Crippen LogP contribution is 2.26. The first-order chi connectivity index (χ1) is 6.36. The molecule has 0 N–H and O–H groups in total. The highest BCUT2D eigenvalue weighted by Gasteiger charge is 2.43. The molecule has 0 spiro atoms. The van der Waals surface area contributed by atoms with Crippen LogP contribution in [0.1, 0.15) is 32.6 Å². The summed E-state index contributed by atoms with van der Waals surface area (Å²) in [5.41, 5.74) is 0. The average molecular weight is 227 g/mol. The summed E-state index contributed by atoms with van der Waals surface area (Å²) in [6, 6.07) is 0. The maximum atomic E-state index is 12.8. The molecule has 0 aromatic carbocycles. The molecule has 0 aromatic heterocycles. The quantitative estimate of drug-likeness (QED) is 0.721. The number of hydrogen-bond donors (Lipinski definition) is 0. The van der Waals surface area contributed by atoms with Gasteiger partial charge in [-0.1, -0.05) is 12.8 Å². The molecule has 1 aliphatic heterocycles. The summed E-state index contributed by atoms with van der Waals surface area (Å²) < 4.78 is 49.2. The lowest BCUT2D eigenvalue weighted by molar-refractivity contribution is 0.105. The van der Waals surface area contributed by atoms with Gasteiger partial charge < -0.3 is 0 Å². The highest BCUT2D eigenvalue weighted by molar-refractivity contribution is 7.90. The molecule has 0 amide bonds. The predicted molar refractivity (Wildman–Crippen MR) is 49.6 cm³/mol. The van der Waals surface area contributed by atoms with Crippen LogP contribution in [0.2, 0.25) is 0 Å². The molecule has 84 valence electrons. The summed E-state index contributed by atoms with van der Waals surface area (Å²) in [7, 11) is -4.42. The lowest BCUT2D eigenvalue weighted by Gasteiger charge is -2.23. The number of rotatable bonds is 2. The second-order valence-corrected chi connectivity index (χ2v) is 5.81. The van der Waals surface area contributed by atoms with E-state index in [4.69, 9.17) is 0 Å². The molecule has 0 radical (unpaired) electrons. The van der Waals surface area contributed by atoms with Crippen molar-refractivity contribution in [2.45, 2.75) is 37.9 Å². The van der Waals surface area contributed by atoms with E-state index in [1.54, 1.807) is 0 Å². The van der Waals surface area contributed by atoms with Crippen LogP contribution in [0.3, 0.4) is 0 Å². The highest BCUT2D eigenvalue weighted by atomic mass is 32.2. The van der Waals surface area contributed by atoms with Gasteiger partial charge in [-0.25, -0.2) is 8.42 Å². The van der Waals surface area contributed by atoms with Crippen LogP contribution < -0.4 is 0 Å². The minimum absolute atomic E-state index is 0.228. The van der Waals surface area contributed by atoms with E-state index in [9.17, 15) is 17.2 Å². The van der Waals surface area contributed by atoms with Crippen molar-refractivity contribution in [3.8, 4) is 0 Å². The average Bonchev–Trinajstić information content (AvgIpc) is 2.29. The van der Waals surface area contributed by atoms with E-state index < -0.39 is 15.3 Å². The summed E-state index contributed by atoms with van der Waals surface area (Å²) >= 11 is 0. The first kappa shape index (κ1) is 11.8. The summed E-state index contributed by atoms with van der Waals surface area (Å²) in [6.45, 7) is 0.894. The van der Waals surface area contributed by atoms with Gasteiger partial charge in [0.1, 0.15) is 0 Å². The van der Waals surface area contributed by atoms with Crippen molar-refractivity contribution >= 4 is 10.0 Å². The van der Waals surface area contributed by atoms with Gasteiger partial charge in [0.25, 0.3) is 10.0 Å². The number of sulfonamides is 1. The summed E-state index contributed by atoms with van der Waals surface area (Å²) in [5.74, 6) is 0. The third-order valence-corrected chi connectivity index (χ3v) is 4.31. The van der Waals surface area contributed by atoms with E-state index in [0.29, 0.717) is 19.8 Å².